The van der Waals surface area contributed by atoms with E-state index in [0.717, 1.165) is 37.6 Å². The Kier molecular flexibility index (Phi) is 8.30. The molecule has 0 saturated heterocycles. The lowest BCUT2D eigenvalue weighted by atomic mass is 9.86. The van der Waals surface area contributed by atoms with Gasteiger partial charge in [-0.05, 0) is 25.2 Å². The van der Waals surface area contributed by atoms with Gasteiger partial charge in [-0.15, -0.1) is 24.0 Å². The highest BCUT2D eigenvalue weighted by Gasteiger charge is 2.25. The SMILES string of the molecule is CC1CCCCC1NC(=NCC(=O)N(C)C)NC1CCc2ncnn2C1.I. The van der Waals surface area contributed by atoms with Crippen molar-refractivity contribution in [3.05, 3.63) is 12.2 Å². The van der Waals surface area contributed by atoms with Gasteiger partial charge in [0.15, 0.2) is 5.96 Å². The zero-order chi connectivity index (χ0) is 18.5. The largest absolute Gasteiger partial charge is 0.353 e. The molecule has 3 unspecified atom stereocenters. The van der Waals surface area contributed by atoms with E-state index in [1.807, 2.05) is 4.68 Å². The van der Waals surface area contributed by atoms with Crippen LogP contribution in [0.5, 0.6) is 0 Å². The molecular formula is C18H32IN7O. The van der Waals surface area contributed by atoms with Crippen LogP contribution >= 0.6 is 24.0 Å². The third-order valence-corrected chi connectivity index (χ3v) is 5.45. The van der Waals surface area contributed by atoms with E-state index >= 15 is 0 Å². The Morgan fingerprint density at radius 1 is 1.30 bits per heavy atom. The molecule has 152 valence electrons. The molecule has 9 heteroatoms. The number of likely N-dealkylation sites (N-methyl/N-ethyl adjacent to an activating group) is 1. The van der Waals surface area contributed by atoms with Crippen molar-refractivity contribution in [1.29, 1.82) is 0 Å². The van der Waals surface area contributed by atoms with Gasteiger partial charge in [-0.1, -0.05) is 19.8 Å². The van der Waals surface area contributed by atoms with E-state index < -0.39 is 0 Å². The van der Waals surface area contributed by atoms with Crippen LogP contribution in [0.1, 0.15) is 44.9 Å². The number of nitrogens with zero attached hydrogens (tertiary/aromatic N) is 5. The predicted molar refractivity (Wildman–Crippen MR) is 116 cm³/mol. The fraction of sp³-hybridized carbons (Fsp3) is 0.778. The molecule has 27 heavy (non-hydrogen) atoms. The van der Waals surface area contributed by atoms with Crippen molar-refractivity contribution in [2.24, 2.45) is 10.9 Å². The number of amides is 1. The normalized spacial score (nSPS) is 25.1. The summed E-state index contributed by atoms with van der Waals surface area (Å²) in [7, 11) is 3.52. The van der Waals surface area contributed by atoms with E-state index in [-0.39, 0.29) is 42.5 Å². The first-order valence-electron chi connectivity index (χ1n) is 9.67. The number of rotatable bonds is 4. The molecule has 8 nitrogen and oxygen atoms in total. The molecule has 0 bridgehead atoms. The lowest BCUT2D eigenvalue weighted by Gasteiger charge is -2.33. The average molecular weight is 489 g/mol. The van der Waals surface area contributed by atoms with Crippen LogP contribution < -0.4 is 10.6 Å². The minimum Gasteiger partial charge on any atom is -0.353 e. The number of hydrogen-bond acceptors (Lipinski definition) is 4. The van der Waals surface area contributed by atoms with E-state index in [9.17, 15) is 4.79 Å². The Bertz CT molecular complexity index is 645. The molecular weight excluding hydrogens is 457 g/mol. The molecule has 1 aromatic rings. The van der Waals surface area contributed by atoms with Gasteiger partial charge in [-0.25, -0.2) is 14.7 Å². The Morgan fingerprint density at radius 2 is 2.07 bits per heavy atom. The summed E-state index contributed by atoms with van der Waals surface area (Å²) in [5.74, 6) is 2.41. The Labute approximate surface area is 178 Å². The predicted octanol–water partition coefficient (Wildman–Crippen LogP) is 1.41. The molecule has 1 aromatic heterocycles. The van der Waals surface area contributed by atoms with Crippen LogP contribution in [-0.4, -0.2) is 64.3 Å². The van der Waals surface area contributed by atoms with Crippen LogP contribution in [0.15, 0.2) is 11.3 Å². The number of carbonyl (C=O) groups excluding carboxylic acids is 1. The number of halogens is 1. The van der Waals surface area contributed by atoms with E-state index in [1.165, 1.54) is 19.3 Å². The molecule has 1 saturated carbocycles. The molecule has 2 heterocycles. The number of nitrogens with one attached hydrogen (secondary N) is 2. The monoisotopic (exact) mass is 489 g/mol. The zero-order valence-electron chi connectivity index (χ0n) is 16.5. The van der Waals surface area contributed by atoms with Crippen molar-refractivity contribution in [2.45, 2.75) is 64.1 Å². The zero-order valence-corrected chi connectivity index (χ0v) is 18.8. The van der Waals surface area contributed by atoms with E-state index in [4.69, 9.17) is 0 Å². The summed E-state index contributed by atoms with van der Waals surface area (Å²) in [6, 6.07) is 0.652. The van der Waals surface area contributed by atoms with Crippen molar-refractivity contribution in [1.82, 2.24) is 30.3 Å². The molecule has 2 N–H and O–H groups in total. The molecule has 1 aliphatic carbocycles. The smallest absolute Gasteiger partial charge is 0.243 e. The van der Waals surface area contributed by atoms with Crippen molar-refractivity contribution in [3.63, 3.8) is 0 Å². The summed E-state index contributed by atoms with van der Waals surface area (Å²) < 4.78 is 1.95. The number of fused-ring (bicyclic) bond motifs is 1. The van der Waals surface area contributed by atoms with E-state index in [2.05, 4.69) is 32.6 Å². The minimum atomic E-state index is 0. The Hall–Kier alpha value is -1.39. The number of hydrogen-bond donors (Lipinski definition) is 2. The molecule has 1 fully saturated rings. The molecule has 3 rings (SSSR count). The highest BCUT2D eigenvalue weighted by Crippen LogP contribution is 2.23. The number of carbonyl (C=O) groups is 1. The first-order valence-corrected chi connectivity index (χ1v) is 9.67. The van der Waals surface area contributed by atoms with Crippen LogP contribution in [0.4, 0.5) is 0 Å². The Morgan fingerprint density at radius 3 is 2.81 bits per heavy atom. The van der Waals surface area contributed by atoms with Crippen LogP contribution in [0.2, 0.25) is 0 Å². The third kappa shape index (κ3) is 6.05. The summed E-state index contributed by atoms with van der Waals surface area (Å²) in [6.45, 7) is 3.23. The van der Waals surface area contributed by atoms with E-state index in [0.29, 0.717) is 12.0 Å². The molecule has 1 aliphatic heterocycles. The summed E-state index contributed by atoms with van der Waals surface area (Å²) in [5, 5.41) is 11.4. The summed E-state index contributed by atoms with van der Waals surface area (Å²) in [6.07, 6.45) is 8.45. The van der Waals surface area contributed by atoms with Gasteiger partial charge in [-0.2, -0.15) is 5.10 Å². The van der Waals surface area contributed by atoms with Gasteiger partial charge in [-0.3, -0.25) is 4.79 Å². The first-order chi connectivity index (χ1) is 12.5. The van der Waals surface area contributed by atoms with Crippen LogP contribution in [0.25, 0.3) is 0 Å². The molecule has 0 spiro atoms. The number of aromatic nitrogens is 3. The molecule has 1 amide bonds. The van der Waals surface area contributed by atoms with E-state index in [1.54, 1.807) is 25.3 Å². The number of aliphatic imine (C=N–C) groups is 1. The fourth-order valence-corrected chi connectivity index (χ4v) is 3.68. The average Bonchev–Trinajstić information content (AvgIpc) is 3.09. The quantitative estimate of drug-likeness (QED) is 0.380. The highest BCUT2D eigenvalue weighted by molar-refractivity contribution is 14.0. The van der Waals surface area contributed by atoms with Gasteiger partial charge in [0.05, 0.1) is 6.54 Å². The number of aryl methyl sites for hydroxylation is 1. The lowest BCUT2D eigenvalue weighted by molar-refractivity contribution is -0.127. The first kappa shape index (κ1) is 21.9. The van der Waals surface area contributed by atoms with Crippen molar-refractivity contribution >= 4 is 35.8 Å². The maximum Gasteiger partial charge on any atom is 0.243 e. The van der Waals surface area contributed by atoms with Gasteiger partial charge in [0.2, 0.25) is 5.91 Å². The second-order valence-corrected chi connectivity index (χ2v) is 7.70. The summed E-state index contributed by atoms with van der Waals surface area (Å²) >= 11 is 0. The maximum atomic E-state index is 12.0. The van der Waals surface area contributed by atoms with Crippen LogP contribution in [0, 0.1) is 5.92 Å². The summed E-state index contributed by atoms with van der Waals surface area (Å²) in [5.41, 5.74) is 0. The topological polar surface area (TPSA) is 87.4 Å². The van der Waals surface area contributed by atoms with Gasteiger partial charge < -0.3 is 15.5 Å². The lowest BCUT2D eigenvalue weighted by Crippen LogP contribution is -2.52. The molecule has 0 radical (unpaired) electrons. The molecule has 0 aromatic carbocycles. The standard InChI is InChI=1S/C18H31N7O.HI/c1-13-6-4-5-7-15(13)23-18(19-10-17(26)24(2)3)22-14-8-9-16-20-12-21-25(16)11-14;/h12-15H,4-11H2,1-3H3,(H2,19,22,23);1H. The van der Waals surface area contributed by atoms with Crippen LogP contribution in [-0.2, 0) is 17.8 Å². The second kappa shape index (κ2) is 10.2. The molecule has 3 atom stereocenters. The fourth-order valence-electron chi connectivity index (χ4n) is 3.68. The van der Waals surface area contributed by atoms with Crippen molar-refractivity contribution < 1.29 is 4.79 Å². The van der Waals surface area contributed by atoms with Crippen molar-refractivity contribution in [2.75, 3.05) is 20.6 Å². The number of guanidine groups is 1. The molecule has 2 aliphatic rings. The van der Waals surface area contributed by atoms with Gasteiger partial charge in [0.25, 0.3) is 0 Å². The minimum absolute atomic E-state index is 0. The van der Waals surface area contributed by atoms with Crippen LogP contribution in [0.3, 0.4) is 0 Å². The highest BCUT2D eigenvalue weighted by atomic mass is 127. The maximum absolute atomic E-state index is 12.0. The van der Waals surface area contributed by atoms with Gasteiger partial charge in [0, 0.05) is 32.6 Å². The van der Waals surface area contributed by atoms with Gasteiger partial charge >= 0.3 is 0 Å². The third-order valence-electron chi connectivity index (χ3n) is 5.45. The van der Waals surface area contributed by atoms with Gasteiger partial charge in [0.1, 0.15) is 18.7 Å². The summed E-state index contributed by atoms with van der Waals surface area (Å²) in [4.78, 5) is 22.4. The second-order valence-electron chi connectivity index (χ2n) is 7.70. The Balaban J connectivity index is 0.00000261. The van der Waals surface area contributed by atoms with Crippen molar-refractivity contribution in [3.8, 4) is 0 Å².